The molecule has 4 rings (SSSR count). The number of rotatable bonds is 7. The Hall–Kier alpha value is -3.19. The van der Waals surface area contributed by atoms with Crippen molar-refractivity contribution in [3.05, 3.63) is 64.8 Å². The van der Waals surface area contributed by atoms with E-state index in [4.69, 9.17) is 9.84 Å². The highest BCUT2D eigenvalue weighted by Gasteiger charge is 2.24. The van der Waals surface area contributed by atoms with Crippen molar-refractivity contribution in [3.63, 3.8) is 0 Å². The van der Waals surface area contributed by atoms with Gasteiger partial charge in [0.05, 0.1) is 12.1 Å². The van der Waals surface area contributed by atoms with Crippen LogP contribution in [0.2, 0.25) is 0 Å². The molecule has 2 aromatic carbocycles. The number of piperidine rings is 1. The molecule has 0 spiro atoms. The molecular weight excluding hydrogens is 416 g/mol. The van der Waals surface area contributed by atoms with Crippen molar-refractivity contribution in [2.24, 2.45) is 5.92 Å². The first-order valence-corrected chi connectivity index (χ1v) is 11.6. The Labute approximate surface area is 194 Å². The van der Waals surface area contributed by atoms with E-state index in [2.05, 4.69) is 5.32 Å². The predicted octanol–water partition coefficient (Wildman–Crippen LogP) is 3.58. The molecule has 0 radical (unpaired) electrons. The minimum absolute atomic E-state index is 0.0927. The lowest BCUT2D eigenvalue weighted by Gasteiger charge is -2.32. The van der Waals surface area contributed by atoms with Crippen LogP contribution in [0, 0.1) is 19.8 Å². The van der Waals surface area contributed by atoms with E-state index in [1.807, 2.05) is 66.0 Å². The number of carbonyl (C=O) groups excluding carboxylic acids is 2. The van der Waals surface area contributed by atoms with Gasteiger partial charge in [-0.1, -0.05) is 17.7 Å². The minimum Gasteiger partial charge on any atom is -0.383 e. The molecule has 0 bridgehead atoms. The number of nitrogens with zero attached hydrogens (tertiary/aromatic N) is 3. The van der Waals surface area contributed by atoms with E-state index in [9.17, 15) is 9.59 Å². The second kappa shape index (κ2) is 10.2. The molecule has 1 aliphatic heterocycles. The first-order valence-electron chi connectivity index (χ1n) is 11.6. The summed E-state index contributed by atoms with van der Waals surface area (Å²) in [6.07, 6.45) is 3.96. The van der Waals surface area contributed by atoms with Gasteiger partial charge in [-0.05, 0) is 62.4 Å². The van der Waals surface area contributed by atoms with Gasteiger partial charge in [0, 0.05) is 56.0 Å². The first-order chi connectivity index (χ1) is 16.0. The summed E-state index contributed by atoms with van der Waals surface area (Å²) in [6, 6.07) is 11.5. The Kier molecular flexibility index (Phi) is 7.08. The topological polar surface area (TPSA) is 76.5 Å². The zero-order chi connectivity index (χ0) is 23.4. The Balaban J connectivity index is 1.38. The number of hydrogen-bond acceptors (Lipinski definition) is 4. The molecular formula is C26H32N4O3. The molecule has 1 fully saturated rings. The summed E-state index contributed by atoms with van der Waals surface area (Å²) >= 11 is 0. The van der Waals surface area contributed by atoms with Crippen molar-refractivity contribution in [2.75, 3.05) is 33.4 Å². The van der Waals surface area contributed by atoms with Gasteiger partial charge in [0.25, 0.3) is 11.8 Å². The smallest absolute Gasteiger partial charge is 0.253 e. The normalized spacial score (nSPS) is 14.6. The lowest BCUT2D eigenvalue weighted by Crippen LogP contribution is -2.39. The van der Waals surface area contributed by atoms with Crippen LogP contribution in [0.1, 0.15) is 44.7 Å². The molecule has 1 saturated heterocycles. The highest BCUT2D eigenvalue weighted by molar-refractivity contribution is 6.00. The van der Waals surface area contributed by atoms with Gasteiger partial charge in [0.1, 0.15) is 0 Å². The molecule has 1 aliphatic rings. The molecule has 7 nitrogen and oxygen atoms in total. The number of aromatic nitrogens is 2. The average molecular weight is 449 g/mol. The van der Waals surface area contributed by atoms with E-state index >= 15 is 0 Å². The fourth-order valence-electron chi connectivity index (χ4n) is 4.53. The molecule has 1 N–H and O–H groups in total. The molecule has 33 heavy (non-hydrogen) atoms. The number of likely N-dealkylation sites (tertiary alicyclic amines) is 1. The van der Waals surface area contributed by atoms with Gasteiger partial charge in [0.2, 0.25) is 0 Å². The average Bonchev–Trinajstić information content (AvgIpc) is 3.23. The molecule has 174 valence electrons. The maximum atomic E-state index is 12.8. The zero-order valence-electron chi connectivity index (χ0n) is 19.6. The fraction of sp³-hybridized carbons (Fsp3) is 0.423. The number of fused-ring (bicyclic) bond motifs is 1. The molecule has 0 aliphatic carbocycles. The second-order valence-corrected chi connectivity index (χ2v) is 8.88. The molecule has 7 heteroatoms. The summed E-state index contributed by atoms with van der Waals surface area (Å²) in [6.45, 7) is 7.30. The summed E-state index contributed by atoms with van der Waals surface area (Å²) in [5.41, 5.74) is 4.37. The SMILES string of the molecule is COCCNC(=O)c1ccc2nn(CC3CCN(C(=O)c4cccc(C)c4)CC3)cc2c1C. The van der Waals surface area contributed by atoms with Gasteiger partial charge in [-0.15, -0.1) is 0 Å². The number of methoxy groups -OCH3 is 1. The molecule has 2 heterocycles. The lowest BCUT2D eigenvalue weighted by molar-refractivity contribution is 0.0681. The number of aryl methyl sites for hydroxylation is 2. The second-order valence-electron chi connectivity index (χ2n) is 8.88. The summed E-state index contributed by atoms with van der Waals surface area (Å²) in [7, 11) is 1.61. The number of ether oxygens (including phenoxy) is 1. The zero-order valence-corrected chi connectivity index (χ0v) is 19.6. The van der Waals surface area contributed by atoms with Crippen molar-refractivity contribution in [1.82, 2.24) is 20.0 Å². The van der Waals surface area contributed by atoms with E-state index in [-0.39, 0.29) is 11.8 Å². The number of benzene rings is 2. The third-order valence-corrected chi connectivity index (χ3v) is 6.45. The monoisotopic (exact) mass is 448 g/mol. The number of amides is 2. The van der Waals surface area contributed by atoms with Gasteiger partial charge < -0.3 is 15.0 Å². The van der Waals surface area contributed by atoms with Crippen LogP contribution in [0.5, 0.6) is 0 Å². The van der Waals surface area contributed by atoms with Crippen LogP contribution in [-0.4, -0.2) is 59.8 Å². The highest BCUT2D eigenvalue weighted by Crippen LogP contribution is 2.24. The molecule has 0 unspecified atom stereocenters. The quantitative estimate of drug-likeness (QED) is 0.561. The molecule has 1 aromatic heterocycles. The van der Waals surface area contributed by atoms with Crippen molar-refractivity contribution in [3.8, 4) is 0 Å². The predicted molar refractivity (Wildman–Crippen MR) is 128 cm³/mol. The van der Waals surface area contributed by atoms with Crippen LogP contribution >= 0.6 is 0 Å². The molecule has 0 saturated carbocycles. The molecule has 2 amide bonds. The molecule has 3 aromatic rings. The summed E-state index contributed by atoms with van der Waals surface area (Å²) in [5, 5.41) is 8.62. The van der Waals surface area contributed by atoms with Gasteiger partial charge in [-0.2, -0.15) is 5.10 Å². The highest BCUT2D eigenvalue weighted by atomic mass is 16.5. The largest absolute Gasteiger partial charge is 0.383 e. The van der Waals surface area contributed by atoms with E-state index in [0.717, 1.165) is 60.1 Å². The van der Waals surface area contributed by atoms with E-state index in [1.54, 1.807) is 7.11 Å². The number of hydrogen-bond donors (Lipinski definition) is 1. The lowest BCUT2D eigenvalue weighted by atomic mass is 9.96. The summed E-state index contributed by atoms with van der Waals surface area (Å²) < 4.78 is 6.99. The van der Waals surface area contributed by atoms with Gasteiger partial charge in [-0.25, -0.2) is 0 Å². The Morgan fingerprint density at radius 2 is 1.94 bits per heavy atom. The Morgan fingerprint density at radius 1 is 1.15 bits per heavy atom. The minimum atomic E-state index is -0.0927. The maximum Gasteiger partial charge on any atom is 0.253 e. The van der Waals surface area contributed by atoms with Crippen molar-refractivity contribution >= 4 is 22.7 Å². The van der Waals surface area contributed by atoms with Crippen LogP contribution in [0.15, 0.2) is 42.6 Å². The summed E-state index contributed by atoms with van der Waals surface area (Å²) in [4.78, 5) is 27.3. The van der Waals surface area contributed by atoms with Crippen molar-refractivity contribution < 1.29 is 14.3 Å². The standard InChI is InChI=1S/C26H32N4O3/c1-18-5-4-6-21(15-18)26(32)29-12-9-20(10-13-29)16-30-17-23-19(2)22(7-8-24(23)28-30)25(31)27-11-14-33-3/h4-8,15,17,20H,9-14,16H2,1-3H3,(H,27,31). The Morgan fingerprint density at radius 3 is 2.67 bits per heavy atom. The van der Waals surface area contributed by atoms with Gasteiger partial charge >= 0.3 is 0 Å². The van der Waals surface area contributed by atoms with Crippen LogP contribution in [0.25, 0.3) is 10.9 Å². The van der Waals surface area contributed by atoms with Crippen LogP contribution in [0.3, 0.4) is 0 Å². The Bertz CT molecular complexity index is 1150. The van der Waals surface area contributed by atoms with E-state index in [0.29, 0.717) is 24.6 Å². The van der Waals surface area contributed by atoms with Crippen LogP contribution < -0.4 is 5.32 Å². The maximum absolute atomic E-state index is 12.8. The van der Waals surface area contributed by atoms with Crippen LogP contribution in [0.4, 0.5) is 0 Å². The van der Waals surface area contributed by atoms with Crippen LogP contribution in [-0.2, 0) is 11.3 Å². The van der Waals surface area contributed by atoms with E-state index in [1.165, 1.54) is 0 Å². The first kappa shape index (κ1) is 23.0. The fourth-order valence-corrected chi connectivity index (χ4v) is 4.53. The van der Waals surface area contributed by atoms with Gasteiger partial charge in [-0.3, -0.25) is 14.3 Å². The van der Waals surface area contributed by atoms with Gasteiger partial charge in [0.15, 0.2) is 0 Å². The van der Waals surface area contributed by atoms with E-state index < -0.39 is 0 Å². The molecule has 0 atom stereocenters. The number of carbonyl (C=O) groups is 2. The third kappa shape index (κ3) is 5.25. The van der Waals surface area contributed by atoms with Crippen molar-refractivity contribution in [2.45, 2.75) is 33.2 Å². The number of nitrogens with one attached hydrogen (secondary N) is 1. The third-order valence-electron chi connectivity index (χ3n) is 6.45. The van der Waals surface area contributed by atoms with Crippen molar-refractivity contribution in [1.29, 1.82) is 0 Å². The summed E-state index contributed by atoms with van der Waals surface area (Å²) in [5.74, 6) is 0.497.